The Labute approximate surface area is 207 Å². The van der Waals surface area contributed by atoms with E-state index in [4.69, 9.17) is 20.2 Å². The van der Waals surface area contributed by atoms with Crippen LogP contribution in [0.1, 0.15) is 20.9 Å². The van der Waals surface area contributed by atoms with Crippen LogP contribution in [-0.2, 0) is 10.5 Å². The summed E-state index contributed by atoms with van der Waals surface area (Å²) in [7, 11) is 5.13. The first-order valence-electron chi connectivity index (χ1n) is 11.3. The number of amidine groups is 1. The number of carbonyl (C=O) groups excluding carboxylic acids is 1. The van der Waals surface area contributed by atoms with Gasteiger partial charge >= 0.3 is 5.97 Å². The van der Waals surface area contributed by atoms with Crippen LogP contribution in [0.25, 0.3) is 0 Å². The molecule has 184 valence electrons. The summed E-state index contributed by atoms with van der Waals surface area (Å²) < 4.78 is 10.7. The van der Waals surface area contributed by atoms with Crippen LogP contribution in [0.3, 0.4) is 0 Å². The number of fused-ring (bicyclic) bond motifs is 1. The first kappa shape index (κ1) is 23.2. The van der Waals surface area contributed by atoms with E-state index in [9.17, 15) is 4.79 Å². The Morgan fingerprint density at radius 1 is 1.20 bits per heavy atom. The number of aromatic nitrogens is 1. The molecule has 0 aliphatic carbocycles. The number of thiophene rings is 1. The molecule has 1 fully saturated rings. The van der Waals surface area contributed by atoms with Gasteiger partial charge in [0.2, 0.25) is 5.79 Å². The van der Waals surface area contributed by atoms with Gasteiger partial charge in [-0.2, -0.15) is 0 Å². The van der Waals surface area contributed by atoms with Crippen molar-refractivity contribution in [3.8, 4) is 5.75 Å². The van der Waals surface area contributed by atoms with Gasteiger partial charge in [-0.25, -0.2) is 9.79 Å². The lowest BCUT2D eigenvalue weighted by Gasteiger charge is -2.36. The summed E-state index contributed by atoms with van der Waals surface area (Å²) >= 11 is 1.29. The highest BCUT2D eigenvalue weighted by molar-refractivity contribution is 7.12. The number of anilines is 3. The molecule has 0 amide bonds. The van der Waals surface area contributed by atoms with Crippen LogP contribution >= 0.6 is 11.3 Å². The summed E-state index contributed by atoms with van der Waals surface area (Å²) in [6, 6.07) is 9.74. The SMILES string of the molecule is COC(=O)c1sccc1NC1=NC(N)(c2ccc(N3CCN(C)CC3)cc2OC)Nc2cc[nH]c21. The highest BCUT2D eigenvalue weighted by Crippen LogP contribution is 2.38. The number of methoxy groups -OCH3 is 2. The predicted molar refractivity (Wildman–Crippen MR) is 139 cm³/mol. The molecule has 0 bridgehead atoms. The average Bonchev–Trinajstić information content (AvgIpc) is 3.53. The number of carbonyl (C=O) groups is 1. The lowest BCUT2D eigenvalue weighted by Crippen LogP contribution is -2.47. The van der Waals surface area contributed by atoms with Crippen molar-refractivity contribution in [2.45, 2.75) is 5.79 Å². The van der Waals surface area contributed by atoms with Gasteiger partial charge in [-0.1, -0.05) is 0 Å². The van der Waals surface area contributed by atoms with Crippen molar-refractivity contribution in [3.63, 3.8) is 0 Å². The van der Waals surface area contributed by atoms with Gasteiger partial charge < -0.3 is 34.9 Å². The average molecular weight is 496 g/mol. The Hall–Kier alpha value is -3.54. The molecular formula is C24H29N7O3S. The number of ether oxygens (including phenoxy) is 2. The molecule has 5 rings (SSSR count). The number of rotatable bonds is 5. The van der Waals surface area contributed by atoms with Crippen molar-refractivity contribution in [2.75, 3.05) is 63.0 Å². The Balaban J connectivity index is 1.51. The monoisotopic (exact) mass is 495 g/mol. The van der Waals surface area contributed by atoms with Gasteiger partial charge in [0.05, 0.1) is 31.2 Å². The molecule has 0 spiro atoms. The molecule has 3 aromatic rings. The number of piperazine rings is 1. The van der Waals surface area contributed by atoms with E-state index in [1.54, 1.807) is 7.11 Å². The standard InChI is InChI=1S/C24H29N7O3S/c1-30-9-11-31(12-10-30)15-4-5-16(19(14-15)33-2)24(25)28-17-6-8-26-20(17)22(29-24)27-18-7-13-35-21(18)23(32)34-3/h4-8,13-14,26,28H,9-12,25H2,1-3H3,(H,27,29). The predicted octanol–water partition coefficient (Wildman–Crippen LogP) is 2.68. The van der Waals surface area contributed by atoms with Gasteiger partial charge in [0.15, 0.2) is 5.84 Å². The van der Waals surface area contributed by atoms with E-state index in [0.717, 1.165) is 43.2 Å². The van der Waals surface area contributed by atoms with E-state index >= 15 is 0 Å². The van der Waals surface area contributed by atoms with Gasteiger partial charge in [0, 0.05) is 44.1 Å². The Morgan fingerprint density at radius 2 is 2.00 bits per heavy atom. The second-order valence-electron chi connectivity index (χ2n) is 8.57. The van der Waals surface area contributed by atoms with E-state index in [1.165, 1.54) is 18.4 Å². The van der Waals surface area contributed by atoms with Gasteiger partial charge in [-0.15, -0.1) is 11.3 Å². The number of benzene rings is 1. The van der Waals surface area contributed by atoms with Crippen LogP contribution in [0.4, 0.5) is 17.1 Å². The molecule has 1 atom stereocenters. The number of nitrogens with two attached hydrogens (primary N) is 1. The second kappa shape index (κ2) is 9.25. The van der Waals surface area contributed by atoms with Gasteiger partial charge in [0.1, 0.15) is 16.3 Å². The molecule has 2 aliphatic rings. The quantitative estimate of drug-likeness (QED) is 0.399. The third kappa shape index (κ3) is 4.33. The maximum atomic E-state index is 12.2. The van der Waals surface area contributed by atoms with Gasteiger partial charge in [-0.05, 0) is 36.7 Å². The van der Waals surface area contributed by atoms with E-state index in [-0.39, 0.29) is 0 Å². The normalized spacial score (nSPS) is 20.0. The van der Waals surface area contributed by atoms with Crippen molar-refractivity contribution >= 4 is 40.2 Å². The number of H-pyrrole nitrogens is 1. The fourth-order valence-corrected chi connectivity index (χ4v) is 5.16. The molecular weight excluding hydrogens is 466 g/mol. The molecule has 0 saturated carbocycles. The van der Waals surface area contributed by atoms with Crippen LogP contribution in [-0.4, -0.2) is 69.1 Å². The Kier molecular flexibility index (Phi) is 6.13. The number of esters is 1. The number of aromatic amines is 1. The zero-order valence-corrected chi connectivity index (χ0v) is 20.7. The summed E-state index contributed by atoms with van der Waals surface area (Å²) in [4.78, 5) is 25.3. The summed E-state index contributed by atoms with van der Waals surface area (Å²) in [6.07, 6.45) is 1.81. The topological polar surface area (TPSA) is 120 Å². The Bertz CT molecular complexity index is 1260. The zero-order valence-electron chi connectivity index (χ0n) is 19.9. The number of hydrogen-bond donors (Lipinski definition) is 4. The van der Waals surface area contributed by atoms with Gasteiger partial charge in [-0.3, -0.25) is 5.73 Å². The highest BCUT2D eigenvalue weighted by Gasteiger charge is 2.37. The van der Waals surface area contributed by atoms with Crippen molar-refractivity contribution < 1.29 is 14.3 Å². The van der Waals surface area contributed by atoms with E-state index in [2.05, 4.69) is 38.5 Å². The van der Waals surface area contributed by atoms with Crippen molar-refractivity contribution in [1.82, 2.24) is 9.88 Å². The summed E-state index contributed by atoms with van der Waals surface area (Å²) in [5, 5.41) is 8.43. The maximum absolute atomic E-state index is 12.2. The number of nitrogens with one attached hydrogen (secondary N) is 3. The van der Waals surface area contributed by atoms with Gasteiger partial charge in [0.25, 0.3) is 0 Å². The molecule has 10 nitrogen and oxygen atoms in total. The van der Waals surface area contributed by atoms with Crippen LogP contribution in [0.5, 0.6) is 5.75 Å². The summed E-state index contributed by atoms with van der Waals surface area (Å²) in [5.41, 5.74) is 10.8. The molecule has 4 heterocycles. The zero-order chi connectivity index (χ0) is 24.6. The number of likely N-dealkylation sites (N-methyl/N-ethyl adjacent to an activating group) is 1. The third-order valence-electron chi connectivity index (χ3n) is 6.35. The first-order valence-corrected chi connectivity index (χ1v) is 12.2. The van der Waals surface area contributed by atoms with Crippen molar-refractivity contribution in [1.29, 1.82) is 0 Å². The lowest BCUT2D eigenvalue weighted by atomic mass is 10.0. The number of hydrogen-bond acceptors (Lipinski definition) is 10. The minimum absolute atomic E-state index is 0.413. The molecule has 0 radical (unpaired) electrons. The van der Waals surface area contributed by atoms with Crippen LogP contribution in [0.15, 0.2) is 46.9 Å². The minimum Gasteiger partial charge on any atom is -0.496 e. The molecule has 2 aliphatic heterocycles. The van der Waals surface area contributed by atoms with Crippen LogP contribution < -0.4 is 26.0 Å². The first-order chi connectivity index (χ1) is 16.9. The molecule has 1 unspecified atom stereocenters. The molecule has 11 heteroatoms. The molecule has 35 heavy (non-hydrogen) atoms. The molecule has 1 saturated heterocycles. The molecule has 1 aromatic carbocycles. The van der Waals surface area contributed by atoms with Crippen molar-refractivity contribution in [3.05, 3.63) is 58.0 Å². The van der Waals surface area contributed by atoms with Crippen LogP contribution in [0.2, 0.25) is 0 Å². The molecule has 2 aromatic heterocycles. The number of aliphatic imine (C=N–C) groups is 1. The van der Waals surface area contributed by atoms with Crippen LogP contribution in [0, 0.1) is 0 Å². The largest absolute Gasteiger partial charge is 0.496 e. The number of nitrogens with zero attached hydrogens (tertiary/aromatic N) is 3. The summed E-state index contributed by atoms with van der Waals surface area (Å²) in [6.45, 7) is 3.93. The minimum atomic E-state index is -1.30. The van der Waals surface area contributed by atoms with E-state index in [1.807, 2.05) is 35.8 Å². The highest BCUT2D eigenvalue weighted by atomic mass is 32.1. The maximum Gasteiger partial charge on any atom is 0.350 e. The fraction of sp³-hybridized carbons (Fsp3) is 0.333. The van der Waals surface area contributed by atoms with Crippen molar-refractivity contribution in [2.24, 2.45) is 10.7 Å². The third-order valence-corrected chi connectivity index (χ3v) is 7.24. The Morgan fingerprint density at radius 3 is 2.74 bits per heavy atom. The molecule has 5 N–H and O–H groups in total. The smallest absolute Gasteiger partial charge is 0.350 e. The lowest BCUT2D eigenvalue weighted by molar-refractivity contribution is 0.0607. The second-order valence-corrected chi connectivity index (χ2v) is 9.49. The van der Waals surface area contributed by atoms with E-state index < -0.39 is 11.8 Å². The van der Waals surface area contributed by atoms with E-state index in [0.29, 0.717) is 27.7 Å². The fourth-order valence-electron chi connectivity index (χ4n) is 4.40. The summed E-state index contributed by atoms with van der Waals surface area (Å²) in [5.74, 6) is -0.571.